The van der Waals surface area contributed by atoms with E-state index in [9.17, 15) is 4.79 Å². The molecule has 1 saturated heterocycles. The third-order valence-corrected chi connectivity index (χ3v) is 5.34. The van der Waals surface area contributed by atoms with Gasteiger partial charge in [0.25, 0.3) is 0 Å². The van der Waals surface area contributed by atoms with Gasteiger partial charge in [0.2, 0.25) is 0 Å². The van der Waals surface area contributed by atoms with Crippen LogP contribution in [-0.4, -0.2) is 29.8 Å². The number of urea groups is 1. The van der Waals surface area contributed by atoms with Crippen molar-refractivity contribution in [1.82, 2.24) is 10.2 Å². The summed E-state index contributed by atoms with van der Waals surface area (Å²) >= 11 is 1.80. The number of thioether (sulfide) groups is 1. The molecule has 1 unspecified atom stereocenters. The van der Waals surface area contributed by atoms with Crippen molar-refractivity contribution < 1.29 is 9.53 Å². The molecular formula is C20H24N2O2S. The number of rotatable bonds is 6. The Morgan fingerprint density at radius 2 is 2.00 bits per heavy atom. The lowest BCUT2D eigenvalue weighted by Gasteiger charge is -2.24. The highest BCUT2D eigenvalue weighted by Gasteiger charge is 2.30. The number of benzene rings is 2. The molecule has 0 radical (unpaired) electrons. The van der Waals surface area contributed by atoms with Crippen LogP contribution in [0, 0.1) is 0 Å². The van der Waals surface area contributed by atoms with Crippen molar-refractivity contribution in [3.63, 3.8) is 0 Å². The Kier molecular flexibility index (Phi) is 6.23. The van der Waals surface area contributed by atoms with Gasteiger partial charge < -0.3 is 15.0 Å². The molecule has 25 heavy (non-hydrogen) atoms. The van der Waals surface area contributed by atoms with E-state index in [4.69, 9.17) is 4.74 Å². The van der Waals surface area contributed by atoms with Crippen molar-refractivity contribution in [2.24, 2.45) is 0 Å². The molecule has 1 aliphatic rings. The molecule has 5 heteroatoms. The predicted molar refractivity (Wildman–Crippen MR) is 103 cm³/mol. The highest BCUT2D eigenvalue weighted by atomic mass is 32.2. The largest absolute Gasteiger partial charge is 0.457 e. The van der Waals surface area contributed by atoms with E-state index in [1.165, 1.54) is 0 Å². The van der Waals surface area contributed by atoms with Gasteiger partial charge in [-0.05, 0) is 36.2 Å². The minimum Gasteiger partial charge on any atom is -0.457 e. The molecule has 1 heterocycles. The first kappa shape index (κ1) is 17.7. The fraction of sp³-hybridized carbons (Fsp3) is 0.350. The Hall–Kier alpha value is -2.14. The van der Waals surface area contributed by atoms with E-state index in [0.717, 1.165) is 48.7 Å². The number of amides is 2. The van der Waals surface area contributed by atoms with Crippen LogP contribution in [0.3, 0.4) is 0 Å². The quantitative estimate of drug-likeness (QED) is 0.738. The molecule has 2 aromatic carbocycles. The maximum absolute atomic E-state index is 12.5. The number of ether oxygens (including phenoxy) is 1. The van der Waals surface area contributed by atoms with E-state index >= 15 is 0 Å². The first-order valence-corrected chi connectivity index (χ1v) is 9.81. The molecule has 1 atom stereocenters. The van der Waals surface area contributed by atoms with Gasteiger partial charge in [-0.1, -0.05) is 43.7 Å². The van der Waals surface area contributed by atoms with E-state index in [-0.39, 0.29) is 11.4 Å². The molecule has 132 valence electrons. The zero-order chi connectivity index (χ0) is 17.5. The van der Waals surface area contributed by atoms with Crippen molar-refractivity contribution >= 4 is 17.8 Å². The third kappa shape index (κ3) is 4.69. The fourth-order valence-corrected chi connectivity index (χ4v) is 4.03. The number of carbonyl (C=O) groups is 1. The van der Waals surface area contributed by atoms with Crippen LogP contribution in [0.5, 0.6) is 11.5 Å². The highest BCUT2D eigenvalue weighted by molar-refractivity contribution is 7.99. The van der Waals surface area contributed by atoms with Gasteiger partial charge in [0, 0.05) is 18.8 Å². The lowest BCUT2D eigenvalue weighted by Crippen LogP contribution is -2.39. The van der Waals surface area contributed by atoms with Crippen molar-refractivity contribution in [2.45, 2.75) is 25.1 Å². The van der Waals surface area contributed by atoms with E-state index in [1.54, 1.807) is 11.8 Å². The van der Waals surface area contributed by atoms with Gasteiger partial charge in [-0.3, -0.25) is 0 Å². The molecule has 4 nitrogen and oxygen atoms in total. The monoisotopic (exact) mass is 356 g/mol. The lowest BCUT2D eigenvalue weighted by atomic mass is 10.2. The normalized spacial score (nSPS) is 16.7. The zero-order valence-corrected chi connectivity index (χ0v) is 15.3. The van der Waals surface area contributed by atoms with Crippen LogP contribution in [0.1, 0.15) is 30.7 Å². The second-order valence-corrected chi connectivity index (χ2v) is 7.18. The van der Waals surface area contributed by atoms with Crippen LogP contribution in [0.15, 0.2) is 54.6 Å². The second kappa shape index (κ2) is 8.81. The van der Waals surface area contributed by atoms with Crippen LogP contribution >= 0.6 is 11.8 Å². The summed E-state index contributed by atoms with van der Waals surface area (Å²) in [6.07, 6.45) is 2.09. The fourth-order valence-electron chi connectivity index (χ4n) is 2.78. The van der Waals surface area contributed by atoms with Crippen LogP contribution in [-0.2, 0) is 0 Å². The van der Waals surface area contributed by atoms with E-state index in [0.29, 0.717) is 0 Å². The minimum absolute atomic E-state index is 0.0258. The highest BCUT2D eigenvalue weighted by Crippen LogP contribution is 2.39. The molecule has 2 amide bonds. The molecule has 0 spiro atoms. The van der Waals surface area contributed by atoms with Gasteiger partial charge in [-0.25, -0.2) is 4.79 Å². The van der Waals surface area contributed by atoms with Crippen molar-refractivity contribution in [1.29, 1.82) is 0 Å². The SMILES string of the molecule is CCCCNC(=O)N1CCSC1c1cccc(Oc2ccccc2)c1. The lowest BCUT2D eigenvalue weighted by molar-refractivity contribution is 0.200. The average Bonchev–Trinajstić information content (AvgIpc) is 3.13. The Morgan fingerprint density at radius 3 is 2.80 bits per heavy atom. The number of carbonyl (C=O) groups excluding carboxylic acids is 1. The molecule has 2 aromatic rings. The summed E-state index contributed by atoms with van der Waals surface area (Å²) in [4.78, 5) is 14.4. The number of nitrogens with zero attached hydrogens (tertiary/aromatic N) is 1. The minimum atomic E-state index is 0.0258. The summed E-state index contributed by atoms with van der Waals surface area (Å²) in [5.74, 6) is 2.56. The zero-order valence-electron chi connectivity index (χ0n) is 14.5. The van der Waals surface area contributed by atoms with Gasteiger partial charge in [0.05, 0.1) is 0 Å². The van der Waals surface area contributed by atoms with Crippen molar-refractivity contribution in [2.75, 3.05) is 18.8 Å². The summed E-state index contributed by atoms with van der Waals surface area (Å²) in [6.45, 7) is 3.64. The van der Waals surface area contributed by atoms with Gasteiger partial charge in [-0.15, -0.1) is 11.8 Å². The van der Waals surface area contributed by atoms with Crippen LogP contribution in [0.2, 0.25) is 0 Å². The third-order valence-electron chi connectivity index (χ3n) is 4.08. The van der Waals surface area contributed by atoms with E-state index in [1.807, 2.05) is 53.4 Å². The predicted octanol–water partition coefficient (Wildman–Crippen LogP) is 5.04. The Bertz CT molecular complexity index is 693. The van der Waals surface area contributed by atoms with Crippen LogP contribution in [0.4, 0.5) is 4.79 Å². The molecule has 0 bridgehead atoms. The molecule has 0 saturated carbocycles. The summed E-state index contributed by atoms with van der Waals surface area (Å²) in [5, 5.41) is 3.06. The number of para-hydroxylation sites is 1. The van der Waals surface area contributed by atoms with E-state index in [2.05, 4.69) is 18.3 Å². The standard InChI is InChI=1S/C20H24N2O2S/c1-2-3-12-21-20(23)22-13-14-25-19(22)16-8-7-11-18(15-16)24-17-9-5-4-6-10-17/h4-11,15,19H,2-3,12-14H2,1H3,(H,21,23). The van der Waals surface area contributed by atoms with Gasteiger partial charge in [0.15, 0.2) is 0 Å². The second-order valence-electron chi connectivity index (χ2n) is 5.99. The number of hydrogen-bond acceptors (Lipinski definition) is 3. The molecule has 1 N–H and O–H groups in total. The van der Waals surface area contributed by atoms with Gasteiger partial charge >= 0.3 is 6.03 Å². The van der Waals surface area contributed by atoms with Crippen molar-refractivity contribution in [3.05, 3.63) is 60.2 Å². The Labute approximate surface area is 153 Å². The average molecular weight is 356 g/mol. The Balaban J connectivity index is 1.70. The first-order valence-electron chi connectivity index (χ1n) is 8.77. The van der Waals surface area contributed by atoms with Crippen LogP contribution < -0.4 is 10.1 Å². The molecule has 0 aromatic heterocycles. The van der Waals surface area contributed by atoms with Crippen molar-refractivity contribution in [3.8, 4) is 11.5 Å². The van der Waals surface area contributed by atoms with E-state index < -0.39 is 0 Å². The smallest absolute Gasteiger partial charge is 0.318 e. The summed E-state index contributed by atoms with van der Waals surface area (Å²) in [5.41, 5.74) is 1.10. The molecule has 0 aliphatic carbocycles. The maximum Gasteiger partial charge on any atom is 0.318 e. The first-order chi connectivity index (χ1) is 12.3. The number of nitrogens with one attached hydrogen (secondary N) is 1. The summed E-state index contributed by atoms with van der Waals surface area (Å²) < 4.78 is 5.93. The molecular weight excluding hydrogens is 332 g/mol. The molecule has 1 aliphatic heterocycles. The number of hydrogen-bond donors (Lipinski definition) is 1. The Morgan fingerprint density at radius 1 is 1.20 bits per heavy atom. The molecule has 3 rings (SSSR count). The molecule has 1 fully saturated rings. The number of unbranched alkanes of at least 4 members (excludes halogenated alkanes) is 1. The topological polar surface area (TPSA) is 41.6 Å². The van der Waals surface area contributed by atoms with Gasteiger partial charge in [0.1, 0.15) is 16.9 Å². The summed E-state index contributed by atoms with van der Waals surface area (Å²) in [6, 6.07) is 17.8. The maximum atomic E-state index is 12.5. The van der Waals surface area contributed by atoms with Crippen LogP contribution in [0.25, 0.3) is 0 Å². The summed E-state index contributed by atoms with van der Waals surface area (Å²) in [7, 11) is 0. The van der Waals surface area contributed by atoms with Gasteiger partial charge in [-0.2, -0.15) is 0 Å².